The van der Waals surface area contributed by atoms with Crippen molar-refractivity contribution < 1.29 is 13.2 Å². The second-order valence-electron chi connectivity index (χ2n) is 6.13. The predicted octanol–water partition coefficient (Wildman–Crippen LogP) is 2.55. The minimum Gasteiger partial charge on any atom is -0.385 e. The van der Waals surface area contributed by atoms with Crippen molar-refractivity contribution in [2.75, 3.05) is 31.3 Å². The highest BCUT2D eigenvalue weighted by atomic mass is 32.2. The molecule has 2 aromatic carbocycles. The molecule has 0 bridgehead atoms. The van der Waals surface area contributed by atoms with Crippen molar-refractivity contribution in [1.29, 1.82) is 0 Å². The van der Waals surface area contributed by atoms with Gasteiger partial charge < -0.3 is 10.6 Å². The molecule has 0 saturated carbocycles. The van der Waals surface area contributed by atoms with Gasteiger partial charge in [0.1, 0.15) is 0 Å². The first-order valence-corrected chi connectivity index (χ1v) is 9.53. The molecule has 6 nitrogen and oxygen atoms in total. The molecule has 2 aromatic rings. The number of carbonyl (C=O) groups is 1. The summed E-state index contributed by atoms with van der Waals surface area (Å²) in [5, 5.41) is 6.11. The van der Waals surface area contributed by atoms with E-state index in [2.05, 4.69) is 10.6 Å². The first kappa shape index (κ1) is 17.4. The van der Waals surface area contributed by atoms with Crippen molar-refractivity contribution >= 4 is 27.3 Å². The average Bonchev–Trinajstić information content (AvgIpc) is 2.61. The molecule has 132 valence electrons. The van der Waals surface area contributed by atoms with Gasteiger partial charge in [-0.25, -0.2) is 12.7 Å². The van der Waals surface area contributed by atoms with Crippen molar-refractivity contribution in [2.24, 2.45) is 0 Å². The smallest absolute Gasteiger partial charge is 0.256 e. The third kappa shape index (κ3) is 3.52. The highest BCUT2D eigenvalue weighted by Crippen LogP contribution is 2.26. The van der Waals surface area contributed by atoms with E-state index in [1.165, 1.54) is 26.2 Å². The van der Waals surface area contributed by atoms with Crippen LogP contribution in [0.2, 0.25) is 0 Å². The lowest BCUT2D eigenvalue weighted by atomic mass is 9.97. The SMILES string of the molecule is CN(C)S(=O)(=O)c1cccc(NC(=O)c2cccc3c2CCCN3)c1. The number of anilines is 2. The molecule has 1 heterocycles. The number of hydrogen-bond donors (Lipinski definition) is 2. The van der Waals surface area contributed by atoms with Crippen LogP contribution in [-0.4, -0.2) is 39.3 Å². The van der Waals surface area contributed by atoms with E-state index in [0.29, 0.717) is 11.3 Å². The zero-order valence-electron chi connectivity index (χ0n) is 14.2. The van der Waals surface area contributed by atoms with Gasteiger partial charge in [-0.05, 0) is 48.7 Å². The molecular weight excluding hydrogens is 338 g/mol. The lowest BCUT2D eigenvalue weighted by Crippen LogP contribution is -2.22. The molecule has 1 aliphatic rings. The Bertz CT molecular complexity index is 908. The van der Waals surface area contributed by atoms with Gasteiger partial charge in [-0.15, -0.1) is 0 Å². The number of fused-ring (bicyclic) bond motifs is 1. The van der Waals surface area contributed by atoms with Crippen LogP contribution in [0, 0.1) is 0 Å². The van der Waals surface area contributed by atoms with Crippen LogP contribution in [0.3, 0.4) is 0 Å². The van der Waals surface area contributed by atoms with Crippen molar-refractivity contribution in [3.8, 4) is 0 Å². The summed E-state index contributed by atoms with van der Waals surface area (Å²) >= 11 is 0. The molecule has 2 N–H and O–H groups in total. The minimum atomic E-state index is -3.54. The molecule has 7 heteroatoms. The topological polar surface area (TPSA) is 78.5 Å². The first-order valence-electron chi connectivity index (χ1n) is 8.09. The van der Waals surface area contributed by atoms with Gasteiger partial charge in [0, 0.05) is 37.6 Å². The van der Waals surface area contributed by atoms with Crippen molar-refractivity contribution in [1.82, 2.24) is 4.31 Å². The van der Waals surface area contributed by atoms with Gasteiger partial charge in [-0.3, -0.25) is 4.79 Å². The van der Waals surface area contributed by atoms with Gasteiger partial charge in [-0.2, -0.15) is 0 Å². The predicted molar refractivity (Wildman–Crippen MR) is 98.5 cm³/mol. The minimum absolute atomic E-state index is 0.145. The third-order valence-corrected chi connectivity index (χ3v) is 6.02. The zero-order valence-corrected chi connectivity index (χ0v) is 15.1. The summed E-state index contributed by atoms with van der Waals surface area (Å²) < 4.78 is 25.6. The number of nitrogens with one attached hydrogen (secondary N) is 2. The first-order chi connectivity index (χ1) is 11.9. The van der Waals surface area contributed by atoms with Crippen molar-refractivity contribution in [3.63, 3.8) is 0 Å². The molecule has 1 amide bonds. The molecule has 0 unspecified atom stereocenters. The Balaban J connectivity index is 1.88. The van der Waals surface area contributed by atoms with E-state index < -0.39 is 10.0 Å². The van der Waals surface area contributed by atoms with Crippen LogP contribution in [0.4, 0.5) is 11.4 Å². The number of amides is 1. The summed E-state index contributed by atoms with van der Waals surface area (Å²) in [5.41, 5.74) is 3.06. The Hall–Kier alpha value is -2.38. The number of rotatable bonds is 4. The van der Waals surface area contributed by atoms with E-state index in [1.807, 2.05) is 12.1 Å². The molecule has 0 aliphatic carbocycles. The fraction of sp³-hybridized carbons (Fsp3) is 0.278. The standard InChI is InChI=1S/C18H21N3O3S/c1-21(2)25(23,24)14-7-3-6-13(12-14)20-18(22)16-8-4-10-17-15(16)9-5-11-19-17/h3-4,6-8,10,12,19H,5,9,11H2,1-2H3,(H,20,22). The molecule has 0 aromatic heterocycles. The normalized spacial score (nSPS) is 13.9. The summed E-state index contributed by atoms with van der Waals surface area (Å²) in [5.74, 6) is -0.236. The average molecular weight is 359 g/mol. The summed E-state index contributed by atoms with van der Waals surface area (Å²) in [6, 6.07) is 11.9. The Morgan fingerprint density at radius 3 is 2.68 bits per heavy atom. The third-order valence-electron chi connectivity index (χ3n) is 4.21. The number of sulfonamides is 1. The quantitative estimate of drug-likeness (QED) is 0.879. The monoisotopic (exact) mass is 359 g/mol. The van der Waals surface area contributed by atoms with Gasteiger partial charge in [0.05, 0.1) is 4.90 Å². The second-order valence-corrected chi connectivity index (χ2v) is 8.28. The molecular formula is C18H21N3O3S. The summed E-state index contributed by atoms with van der Waals surface area (Å²) in [7, 11) is -0.590. The zero-order chi connectivity index (χ0) is 18.0. The maximum Gasteiger partial charge on any atom is 0.256 e. The maximum atomic E-state index is 12.7. The van der Waals surface area contributed by atoms with Gasteiger partial charge in [-0.1, -0.05) is 12.1 Å². The van der Waals surface area contributed by atoms with Crippen LogP contribution in [0.5, 0.6) is 0 Å². The summed E-state index contributed by atoms with van der Waals surface area (Å²) in [4.78, 5) is 12.8. The van der Waals surface area contributed by atoms with Crippen LogP contribution in [0.1, 0.15) is 22.3 Å². The number of benzene rings is 2. The highest BCUT2D eigenvalue weighted by Gasteiger charge is 2.20. The molecule has 0 fully saturated rings. The van der Waals surface area contributed by atoms with Crippen LogP contribution < -0.4 is 10.6 Å². The van der Waals surface area contributed by atoms with Gasteiger partial charge in [0.2, 0.25) is 10.0 Å². The second kappa shape index (κ2) is 6.85. The summed E-state index contributed by atoms with van der Waals surface area (Å²) in [6.07, 6.45) is 1.83. The van der Waals surface area contributed by atoms with Crippen LogP contribution in [0.25, 0.3) is 0 Å². The Morgan fingerprint density at radius 1 is 1.16 bits per heavy atom. The van der Waals surface area contributed by atoms with Crippen molar-refractivity contribution in [2.45, 2.75) is 17.7 Å². The molecule has 1 aliphatic heterocycles. The lowest BCUT2D eigenvalue weighted by Gasteiger charge is -2.20. The lowest BCUT2D eigenvalue weighted by molar-refractivity contribution is 0.102. The fourth-order valence-corrected chi connectivity index (χ4v) is 3.81. The Morgan fingerprint density at radius 2 is 1.92 bits per heavy atom. The van der Waals surface area contributed by atoms with E-state index in [4.69, 9.17) is 0 Å². The number of carbonyl (C=O) groups excluding carboxylic acids is 1. The molecule has 0 radical (unpaired) electrons. The molecule has 25 heavy (non-hydrogen) atoms. The van der Waals surface area contributed by atoms with E-state index in [9.17, 15) is 13.2 Å². The van der Waals surface area contributed by atoms with E-state index in [0.717, 1.165) is 34.9 Å². The van der Waals surface area contributed by atoms with Crippen LogP contribution in [-0.2, 0) is 16.4 Å². The molecule has 0 spiro atoms. The fourth-order valence-electron chi connectivity index (χ4n) is 2.87. The highest BCUT2D eigenvalue weighted by molar-refractivity contribution is 7.89. The van der Waals surface area contributed by atoms with Crippen LogP contribution in [0.15, 0.2) is 47.4 Å². The molecule has 3 rings (SSSR count). The van der Waals surface area contributed by atoms with Crippen molar-refractivity contribution in [3.05, 3.63) is 53.6 Å². The van der Waals surface area contributed by atoms with Gasteiger partial charge in [0.15, 0.2) is 0 Å². The summed E-state index contributed by atoms with van der Waals surface area (Å²) in [6.45, 7) is 0.905. The molecule has 0 atom stereocenters. The van der Waals surface area contributed by atoms with E-state index >= 15 is 0 Å². The Labute approximate surface area is 147 Å². The van der Waals surface area contributed by atoms with Gasteiger partial charge >= 0.3 is 0 Å². The van der Waals surface area contributed by atoms with E-state index in [-0.39, 0.29) is 10.8 Å². The van der Waals surface area contributed by atoms with Crippen LogP contribution >= 0.6 is 0 Å². The van der Waals surface area contributed by atoms with Gasteiger partial charge in [0.25, 0.3) is 5.91 Å². The largest absolute Gasteiger partial charge is 0.385 e. The Kier molecular flexibility index (Phi) is 4.78. The number of hydrogen-bond acceptors (Lipinski definition) is 4. The maximum absolute atomic E-state index is 12.7. The molecule has 0 saturated heterocycles. The van der Waals surface area contributed by atoms with E-state index in [1.54, 1.807) is 18.2 Å². The number of nitrogens with zero attached hydrogens (tertiary/aromatic N) is 1.